The number of carbonyl (C=O) groups is 1. The van der Waals surface area contributed by atoms with Crippen LogP contribution in [0.2, 0.25) is 0 Å². The second-order valence-electron chi connectivity index (χ2n) is 6.22. The summed E-state index contributed by atoms with van der Waals surface area (Å²) in [5.74, 6) is 0.771. The Morgan fingerprint density at radius 3 is 2.19 bits per heavy atom. The fourth-order valence-electron chi connectivity index (χ4n) is 2.60. The fourth-order valence-corrected chi connectivity index (χ4v) is 2.60. The molecule has 3 N–H and O–H groups in total. The Bertz CT molecular complexity index is 257. The van der Waals surface area contributed by atoms with E-state index in [4.69, 9.17) is 5.73 Å². The van der Waals surface area contributed by atoms with Crippen LogP contribution in [0.5, 0.6) is 0 Å². The Morgan fingerprint density at radius 2 is 1.81 bits per heavy atom. The molecule has 16 heavy (non-hydrogen) atoms. The molecule has 1 rings (SSSR count). The zero-order valence-electron chi connectivity index (χ0n) is 11.3. The molecule has 3 heteroatoms. The van der Waals surface area contributed by atoms with E-state index in [1.165, 1.54) is 0 Å². The first-order valence-corrected chi connectivity index (χ1v) is 6.23. The molecule has 1 aliphatic carbocycles. The van der Waals surface area contributed by atoms with Crippen molar-refractivity contribution >= 4 is 5.91 Å². The van der Waals surface area contributed by atoms with Crippen LogP contribution in [0.25, 0.3) is 0 Å². The van der Waals surface area contributed by atoms with Gasteiger partial charge in [0, 0.05) is 12.5 Å². The molecule has 1 amide bonds. The first-order chi connectivity index (χ1) is 7.25. The van der Waals surface area contributed by atoms with Gasteiger partial charge in [0.2, 0.25) is 5.91 Å². The largest absolute Gasteiger partial charge is 0.356 e. The van der Waals surface area contributed by atoms with E-state index in [1.807, 2.05) is 6.92 Å². The van der Waals surface area contributed by atoms with Gasteiger partial charge in [0.25, 0.3) is 0 Å². The van der Waals surface area contributed by atoms with Gasteiger partial charge in [0.1, 0.15) is 0 Å². The lowest BCUT2D eigenvalue weighted by Gasteiger charge is -2.11. The molecule has 1 atom stereocenters. The molecule has 1 aliphatic rings. The van der Waals surface area contributed by atoms with E-state index in [-0.39, 0.29) is 11.8 Å². The number of hydrogen-bond acceptors (Lipinski definition) is 2. The molecule has 0 radical (unpaired) electrons. The van der Waals surface area contributed by atoms with Crippen molar-refractivity contribution in [2.24, 2.45) is 28.4 Å². The average Bonchev–Trinajstić information content (AvgIpc) is 2.55. The van der Waals surface area contributed by atoms with Gasteiger partial charge in [-0.05, 0) is 29.7 Å². The monoisotopic (exact) mass is 226 g/mol. The van der Waals surface area contributed by atoms with Gasteiger partial charge in [0.05, 0.1) is 0 Å². The van der Waals surface area contributed by atoms with Crippen molar-refractivity contribution in [1.29, 1.82) is 0 Å². The molecule has 1 fully saturated rings. The highest BCUT2D eigenvalue weighted by molar-refractivity contribution is 5.78. The van der Waals surface area contributed by atoms with Gasteiger partial charge in [-0.15, -0.1) is 0 Å². The Morgan fingerprint density at radius 1 is 1.31 bits per heavy atom. The summed E-state index contributed by atoms with van der Waals surface area (Å²) >= 11 is 0. The molecule has 0 saturated heterocycles. The van der Waals surface area contributed by atoms with E-state index in [1.54, 1.807) is 0 Å². The van der Waals surface area contributed by atoms with Gasteiger partial charge in [0.15, 0.2) is 0 Å². The predicted molar refractivity (Wildman–Crippen MR) is 66.9 cm³/mol. The molecule has 94 valence electrons. The second-order valence-corrected chi connectivity index (χ2v) is 6.22. The number of hydrogen-bond donors (Lipinski definition) is 2. The van der Waals surface area contributed by atoms with Crippen LogP contribution >= 0.6 is 0 Å². The number of carbonyl (C=O) groups excluding carboxylic acids is 1. The molecule has 1 unspecified atom stereocenters. The Kier molecular flexibility index (Phi) is 3.68. The van der Waals surface area contributed by atoms with Crippen molar-refractivity contribution in [3.8, 4) is 0 Å². The molecule has 0 aromatic heterocycles. The maximum absolute atomic E-state index is 11.7. The first-order valence-electron chi connectivity index (χ1n) is 6.23. The van der Waals surface area contributed by atoms with Gasteiger partial charge in [-0.2, -0.15) is 0 Å². The van der Waals surface area contributed by atoms with Crippen LogP contribution in [-0.2, 0) is 4.79 Å². The van der Waals surface area contributed by atoms with Gasteiger partial charge < -0.3 is 11.1 Å². The van der Waals surface area contributed by atoms with Gasteiger partial charge in [-0.25, -0.2) is 0 Å². The maximum Gasteiger partial charge on any atom is 0.222 e. The number of rotatable bonds is 5. The number of amides is 1. The summed E-state index contributed by atoms with van der Waals surface area (Å²) in [6.07, 6.45) is 0.767. The normalized spacial score (nSPS) is 23.9. The molecule has 0 bridgehead atoms. The van der Waals surface area contributed by atoms with E-state index in [2.05, 4.69) is 33.0 Å². The third-order valence-corrected chi connectivity index (χ3v) is 4.85. The minimum atomic E-state index is 0.0370. The standard InChI is InChI=1S/C13H26N2O/c1-9(6-7-14)11(16)15-8-10-12(2,3)13(10,4)5/h9-10H,6-8,14H2,1-5H3,(H,15,16). The van der Waals surface area contributed by atoms with E-state index < -0.39 is 0 Å². The molecule has 1 saturated carbocycles. The first kappa shape index (κ1) is 13.5. The summed E-state index contributed by atoms with van der Waals surface area (Å²) in [6.45, 7) is 12.4. The van der Waals surface area contributed by atoms with Crippen molar-refractivity contribution < 1.29 is 4.79 Å². The van der Waals surface area contributed by atoms with Crippen molar-refractivity contribution in [2.75, 3.05) is 13.1 Å². The summed E-state index contributed by atoms with van der Waals surface area (Å²) in [6, 6.07) is 0. The zero-order chi connectivity index (χ0) is 12.6. The third kappa shape index (κ3) is 2.24. The molecule has 3 nitrogen and oxygen atoms in total. The van der Waals surface area contributed by atoms with Crippen LogP contribution in [0.3, 0.4) is 0 Å². The number of nitrogens with two attached hydrogens (primary N) is 1. The van der Waals surface area contributed by atoms with Crippen molar-refractivity contribution in [3.05, 3.63) is 0 Å². The topological polar surface area (TPSA) is 55.1 Å². The minimum Gasteiger partial charge on any atom is -0.356 e. The maximum atomic E-state index is 11.7. The molecule has 0 aliphatic heterocycles. The summed E-state index contributed by atoms with van der Waals surface area (Å²) in [5, 5.41) is 3.05. The molecule has 0 spiro atoms. The van der Waals surface area contributed by atoms with Crippen LogP contribution in [0.4, 0.5) is 0 Å². The summed E-state index contributed by atoms with van der Waals surface area (Å²) < 4.78 is 0. The van der Waals surface area contributed by atoms with Crippen LogP contribution in [-0.4, -0.2) is 19.0 Å². The highest BCUT2D eigenvalue weighted by Gasteiger charge is 2.64. The lowest BCUT2D eigenvalue weighted by Crippen LogP contribution is -2.32. The van der Waals surface area contributed by atoms with Crippen LogP contribution in [0, 0.1) is 22.7 Å². The highest BCUT2D eigenvalue weighted by Crippen LogP contribution is 2.67. The lowest BCUT2D eigenvalue weighted by molar-refractivity contribution is -0.124. The lowest BCUT2D eigenvalue weighted by atomic mass is 10.0. The molecule has 0 heterocycles. The fraction of sp³-hybridized carbons (Fsp3) is 0.923. The molecular formula is C13H26N2O. The van der Waals surface area contributed by atoms with Gasteiger partial charge >= 0.3 is 0 Å². The van der Waals surface area contributed by atoms with Crippen molar-refractivity contribution in [1.82, 2.24) is 5.32 Å². The zero-order valence-corrected chi connectivity index (χ0v) is 11.3. The smallest absolute Gasteiger partial charge is 0.222 e. The Labute approximate surface area is 99.2 Å². The Balaban J connectivity index is 2.35. The minimum absolute atomic E-state index is 0.0370. The SMILES string of the molecule is CC(CCN)C(=O)NCC1C(C)(C)C1(C)C. The third-order valence-electron chi connectivity index (χ3n) is 4.85. The van der Waals surface area contributed by atoms with E-state index in [9.17, 15) is 4.79 Å². The predicted octanol–water partition coefficient (Wildman–Crippen LogP) is 1.77. The highest BCUT2D eigenvalue weighted by atomic mass is 16.1. The molecular weight excluding hydrogens is 200 g/mol. The summed E-state index contributed by atoms with van der Waals surface area (Å²) in [4.78, 5) is 11.7. The quantitative estimate of drug-likeness (QED) is 0.750. The van der Waals surface area contributed by atoms with Gasteiger partial charge in [-0.1, -0.05) is 34.6 Å². The van der Waals surface area contributed by atoms with E-state index in [0.29, 0.717) is 23.3 Å². The van der Waals surface area contributed by atoms with Crippen LogP contribution in [0.1, 0.15) is 41.0 Å². The van der Waals surface area contributed by atoms with Crippen LogP contribution in [0.15, 0.2) is 0 Å². The van der Waals surface area contributed by atoms with Crippen molar-refractivity contribution in [2.45, 2.75) is 41.0 Å². The van der Waals surface area contributed by atoms with Gasteiger partial charge in [-0.3, -0.25) is 4.79 Å². The van der Waals surface area contributed by atoms with Crippen molar-refractivity contribution in [3.63, 3.8) is 0 Å². The second kappa shape index (κ2) is 4.36. The van der Waals surface area contributed by atoms with E-state index >= 15 is 0 Å². The molecule has 0 aromatic carbocycles. The number of nitrogens with one attached hydrogen (secondary N) is 1. The Hall–Kier alpha value is -0.570. The van der Waals surface area contributed by atoms with E-state index in [0.717, 1.165) is 13.0 Å². The van der Waals surface area contributed by atoms with Crippen LogP contribution < -0.4 is 11.1 Å². The average molecular weight is 226 g/mol. The summed E-state index contributed by atoms with van der Waals surface area (Å²) in [7, 11) is 0. The molecule has 0 aromatic rings. The summed E-state index contributed by atoms with van der Waals surface area (Å²) in [5.41, 5.74) is 6.13.